The molecule has 0 fully saturated rings. The minimum Gasteiger partial charge on any atom is -0.318 e. The molecule has 2 nitrogen and oxygen atoms in total. The average Bonchev–Trinajstić information content (AvgIpc) is 2.77. The fourth-order valence-corrected chi connectivity index (χ4v) is 3.26. The summed E-state index contributed by atoms with van der Waals surface area (Å²) < 4.78 is 0. The van der Waals surface area contributed by atoms with Gasteiger partial charge in [0.05, 0.1) is 11.7 Å². The molecule has 0 aliphatic carbocycles. The minimum absolute atomic E-state index is 0.372. The quantitative estimate of drug-likeness (QED) is 0.898. The maximum atomic E-state index is 6.21. The van der Waals surface area contributed by atoms with Crippen molar-refractivity contribution in [3.8, 4) is 0 Å². The van der Waals surface area contributed by atoms with E-state index in [0.717, 1.165) is 16.3 Å². The van der Waals surface area contributed by atoms with E-state index in [1.807, 2.05) is 11.4 Å². The third kappa shape index (κ3) is 2.69. The highest BCUT2D eigenvalue weighted by Gasteiger charge is 2.19. The first-order chi connectivity index (χ1) is 8.50. The molecule has 0 saturated carbocycles. The number of nitrogens with two attached hydrogens (primary N) is 1. The largest absolute Gasteiger partial charge is 0.318 e. The third-order valence-electron chi connectivity index (χ3n) is 2.71. The normalized spacial score (nSPS) is 13.0. The van der Waals surface area contributed by atoms with E-state index in [0.29, 0.717) is 16.0 Å². The van der Waals surface area contributed by atoms with Crippen molar-refractivity contribution in [1.29, 1.82) is 0 Å². The van der Waals surface area contributed by atoms with E-state index in [4.69, 9.17) is 28.9 Å². The molecule has 2 rings (SSSR count). The zero-order chi connectivity index (χ0) is 13.3. The van der Waals surface area contributed by atoms with Crippen LogP contribution >= 0.6 is 34.5 Å². The predicted octanol–water partition coefficient (Wildman–Crippen LogP) is 4.62. The molecule has 2 aromatic rings. The van der Waals surface area contributed by atoms with Crippen LogP contribution in [0.5, 0.6) is 0 Å². The summed E-state index contributed by atoms with van der Waals surface area (Å²) in [5, 5.41) is 4.03. The fourth-order valence-electron chi connectivity index (χ4n) is 1.64. The molecule has 96 valence electrons. The van der Waals surface area contributed by atoms with Gasteiger partial charge in [0.15, 0.2) is 0 Å². The second-order valence-corrected chi connectivity index (χ2v) is 6.08. The van der Waals surface area contributed by atoms with Gasteiger partial charge in [-0.05, 0) is 18.1 Å². The summed E-state index contributed by atoms with van der Waals surface area (Å²) in [6.45, 7) is 4.21. The van der Waals surface area contributed by atoms with Gasteiger partial charge in [0.2, 0.25) is 0 Å². The van der Waals surface area contributed by atoms with Gasteiger partial charge in [-0.2, -0.15) is 0 Å². The Morgan fingerprint density at radius 3 is 2.33 bits per heavy atom. The Balaban J connectivity index is 2.38. The van der Waals surface area contributed by atoms with Gasteiger partial charge in [0.1, 0.15) is 5.01 Å². The third-order valence-corrected chi connectivity index (χ3v) is 4.31. The number of nitrogens with zero attached hydrogens (tertiary/aromatic N) is 1. The maximum absolute atomic E-state index is 6.21. The minimum atomic E-state index is -0.372. The number of hydrogen-bond acceptors (Lipinski definition) is 3. The van der Waals surface area contributed by atoms with Crippen LogP contribution in [0, 0.1) is 0 Å². The predicted molar refractivity (Wildman–Crippen MR) is 78.7 cm³/mol. The molecule has 1 atom stereocenters. The van der Waals surface area contributed by atoms with Gasteiger partial charge in [0, 0.05) is 21.0 Å². The molecule has 0 radical (unpaired) electrons. The molecule has 1 aromatic carbocycles. The standard InChI is InChI=1S/C13H14Cl2N2S/c1-7(2)10-6-18-13(17-10)12(16)11-8(14)4-3-5-9(11)15/h3-7,12H,16H2,1-2H3. The first-order valence-electron chi connectivity index (χ1n) is 5.65. The summed E-state index contributed by atoms with van der Waals surface area (Å²) in [4.78, 5) is 4.54. The highest BCUT2D eigenvalue weighted by Crippen LogP contribution is 2.34. The highest BCUT2D eigenvalue weighted by molar-refractivity contribution is 7.09. The monoisotopic (exact) mass is 300 g/mol. The smallest absolute Gasteiger partial charge is 0.114 e. The van der Waals surface area contributed by atoms with Gasteiger partial charge < -0.3 is 5.73 Å². The van der Waals surface area contributed by atoms with Gasteiger partial charge in [-0.1, -0.05) is 43.1 Å². The molecule has 0 aliphatic heterocycles. The van der Waals surface area contributed by atoms with Crippen molar-refractivity contribution in [3.05, 3.63) is 49.9 Å². The number of halogens is 2. The summed E-state index contributed by atoms with van der Waals surface area (Å²) >= 11 is 13.9. The van der Waals surface area contributed by atoms with Crippen LogP contribution in [0.1, 0.15) is 42.1 Å². The van der Waals surface area contributed by atoms with Crippen LogP contribution in [0.2, 0.25) is 10.0 Å². The van der Waals surface area contributed by atoms with E-state index in [9.17, 15) is 0 Å². The van der Waals surface area contributed by atoms with E-state index in [-0.39, 0.29) is 6.04 Å². The molecule has 1 aromatic heterocycles. The summed E-state index contributed by atoms with van der Waals surface area (Å²) in [6.07, 6.45) is 0. The first-order valence-corrected chi connectivity index (χ1v) is 7.29. The van der Waals surface area contributed by atoms with Gasteiger partial charge in [-0.3, -0.25) is 0 Å². The van der Waals surface area contributed by atoms with Crippen molar-refractivity contribution in [2.75, 3.05) is 0 Å². The van der Waals surface area contributed by atoms with Crippen LogP contribution < -0.4 is 5.73 Å². The Kier molecular flexibility index (Phi) is 4.28. The lowest BCUT2D eigenvalue weighted by atomic mass is 10.1. The van der Waals surface area contributed by atoms with Crippen LogP contribution in [0.25, 0.3) is 0 Å². The first kappa shape index (κ1) is 13.8. The Morgan fingerprint density at radius 1 is 1.22 bits per heavy atom. The van der Waals surface area contributed by atoms with Crippen LogP contribution in [0.3, 0.4) is 0 Å². The molecule has 1 unspecified atom stereocenters. The van der Waals surface area contributed by atoms with E-state index < -0.39 is 0 Å². The van der Waals surface area contributed by atoms with Gasteiger partial charge in [-0.25, -0.2) is 4.98 Å². The lowest BCUT2D eigenvalue weighted by Gasteiger charge is -2.12. The van der Waals surface area contributed by atoms with E-state index >= 15 is 0 Å². The van der Waals surface area contributed by atoms with Crippen molar-refractivity contribution in [2.45, 2.75) is 25.8 Å². The molecule has 0 spiro atoms. The SMILES string of the molecule is CC(C)c1csc(C(N)c2c(Cl)cccc2Cl)n1. The molecule has 18 heavy (non-hydrogen) atoms. The van der Waals surface area contributed by atoms with Crippen LogP contribution in [0.4, 0.5) is 0 Å². The summed E-state index contributed by atoms with van der Waals surface area (Å²) in [5.41, 5.74) is 8.00. The van der Waals surface area contributed by atoms with Crippen molar-refractivity contribution >= 4 is 34.5 Å². The Morgan fingerprint density at radius 2 is 1.83 bits per heavy atom. The van der Waals surface area contributed by atoms with Crippen molar-refractivity contribution in [3.63, 3.8) is 0 Å². The number of benzene rings is 1. The fraction of sp³-hybridized carbons (Fsp3) is 0.308. The number of rotatable bonds is 3. The summed E-state index contributed by atoms with van der Waals surface area (Å²) in [7, 11) is 0. The molecular weight excluding hydrogens is 287 g/mol. The molecule has 1 heterocycles. The molecular formula is C13H14Cl2N2S. The van der Waals surface area contributed by atoms with Gasteiger partial charge >= 0.3 is 0 Å². The molecule has 5 heteroatoms. The van der Waals surface area contributed by atoms with Crippen molar-refractivity contribution in [2.24, 2.45) is 5.73 Å². The van der Waals surface area contributed by atoms with Crippen LogP contribution in [0.15, 0.2) is 23.6 Å². The number of aromatic nitrogens is 1. The summed E-state index contributed by atoms with van der Waals surface area (Å²) in [6, 6.07) is 5.02. The average molecular weight is 301 g/mol. The van der Waals surface area contributed by atoms with E-state index in [1.165, 1.54) is 0 Å². The Bertz CT molecular complexity index is 531. The topological polar surface area (TPSA) is 38.9 Å². The lowest BCUT2D eigenvalue weighted by molar-refractivity contribution is 0.795. The van der Waals surface area contributed by atoms with Gasteiger partial charge in [0.25, 0.3) is 0 Å². The van der Waals surface area contributed by atoms with E-state index in [2.05, 4.69) is 18.8 Å². The highest BCUT2D eigenvalue weighted by atomic mass is 35.5. The number of hydrogen-bond donors (Lipinski definition) is 1. The van der Waals surface area contributed by atoms with E-state index in [1.54, 1.807) is 23.5 Å². The van der Waals surface area contributed by atoms with Crippen molar-refractivity contribution < 1.29 is 0 Å². The zero-order valence-corrected chi connectivity index (χ0v) is 12.5. The lowest BCUT2D eigenvalue weighted by Crippen LogP contribution is -2.13. The molecule has 2 N–H and O–H groups in total. The summed E-state index contributed by atoms with van der Waals surface area (Å²) in [5.74, 6) is 0.393. The maximum Gasteiger partial charge on any atom is 0.114 e. The van der Waals surface area contributed by atoms with Crippen LogP contribution in [-0.4, -0.2) is 4.98 Å². The second kappa shape index (κ2) is 5.57. The Labute approximate surface area is 121 Å². The molecule has 0 aliphatic rings. The Hall–Kier alpha value is -0.610. The molecule has 0 amide bonds. The van der Waals surface area contributed by atoms with Crippen molar-refractivity contribution in [1.82, 2.24) is 4.98 Å². The molecule has 0 saturated heterocycles. The van der Waals surface area contributed by atoms with Gasteiger partial charge in [-0.15, -0.1) is 11.3 Å². The van der Waals surface area contributed by atoms with Crippen LogP contribution in [-0.2, 0) is 0 Å². The number of thiazole rings is 1. The second-order valence-electron chi connectivity index (χ2n) is 4.38. The molecule has 0 bridgehead atoms. The zero-order valence-electron chi connectivity index (χ0n) is 10.2.